The standard InChI is InChI=1S/C16H16F3NO2/c17-16(18,19)11-7-3-6-10(8-11)12-13(21)14(22-15(12)20)9-4-1-2-5-9/h3,6-9,14H,1-2,4-5,20H2. The summed E-state index contributed by atoms with van der Waals surface area (Å²) < 4.78 is 43.9. The number of halogens is 3. The highest BCUT2D eigenvalue weighted by molar-refractivity contribution is 6.25. The van der Waals surface area contributed by atoms with Crippen molar-refractivity contribution >= 4 is 11.4 Å². The molecule has 1 aliphatic carbocycles. The summed E-state index contributed by atoms with van der Waals surface area (Å²) in [6.45, 7) is 0. The lowest BCUT2D eigenvalue weighted by atomic mass is 9.92. The van der Waals surface area contributed by atoms with E-state index in [0.29, 0.717) is 0 Å². The zero-order valence-corrected chi connectivity index (χ0v) is 11.8. The van der Waals surface area contributed by atoms with Gasteiger partial charge in [-0.05, 0) is 30.5 Å². The summed E-state index contributed by atoms with van der Waals surface area (Å²) in [6.07, 6.45) is -1.25. The molecule has 0 aromatic heterocycles. The van der Waals surface area contributed by atoms with Crippen molar-refractivity contribution < 1.29 is 22.7 Å². The Bertz CT molecular complexity index is 631. The predicted octanol–water partition coefficient (Wildman–Crippen LogP) is 3.49. The average Bonchev–Trinajstić information content (AvgIpc) is 3.06. The Morgan fingerprint density at radius 2 is 1.86 bits per heavy atom. The first-order chi connectivity index (χ1) is 10.4. The fourth-order valence-corrected chi connectivity index (χ4v) is 3.22. The van der Waals surface area contributed by atoms with E-state index in [9.17, 15) is 18.0 Å². The van der Waals surface area contributed by atoms with E-state index >= 15 is 0 Å². The van der Waals surface area contributed by atoms with Crippen LogP contribution in [0.1, 0.15) is 36.8 Å². The van der Waals surface area contributed by atoms with Crippen LogP contribution >= 0.6 is 0 Å². The fourth-order valence-electron chi connectivity index (χ4n) is 3.22. The molecule has 0 amide bonds. The molecule has 0 spiro atoms. The van der Waals surface area contributed by atoms with Gasteiger partial charge >= 0.3 is 6.18 Å². The first-order valence-corrected chi connectivity index (χ1v) is 7.26. The van der Waals surface area contributed by atoms with Gasteiger partial charge < -0.3 is 10.5 Å². The van der Waals surface area contributed by atoms with Crippen LogP contribution in [0.4, 0.5) is 13.2 Å². The molecule has 3 nitrogen and oxygen atoms in total. The highest BCUT2D eigenvalue weighted by Gasteiger charge is 2.41. The van der Waals surface area contributed by atoms with Gasteiger partial charge in [-0.25, -0.2) is 0 Å². The van der Waals surface area contributed by atoms with Gasteiger partial charge in [-0.1, -0.05) is 25.0 Å². The molecule has 1 fully saturated rings. The van der Waals surface area contributed by atoms with Gasteiger partial charge in [0, 0.05) is 5.92 Å². The molecule has 1 saturated carbocycles. The van der Waals surface area contributed by atoms with Crippen molar-refractivity contribution in [3.05, 3.63) is 41.3 Å². The number of hydrogen-bond donors (Lipinski definition) is 1. The average molecular weight is 311 g/mol. The van der Waals surface area contributed by atoms with Crippen LogP contribution in [0.15, 0.2) is 30.1 Å². The van der Waals surface area contributed by atoms with Crippen LogP contribution in [-0.4, -0.2) is 11.9 Å². The quantitative estimate of drug-likeness (QED) is 0.909. The maximum absolute atomic E-state index is 12.8. The van der Waals surface area contributed by atoms with Crippen molar-refractivity contribution in [3.63, 3.8) is 0 Å². The molecule has 3 rings (SSSR count). The summed E-state index contributed by atoms with van der Waals surface area (Å²) >= 11 is 0. The molecule has 1 aromatic carbocycles. The van der Waals surface area contributed by atoms with E-state index in [4.69, 9.17) is 10.5 Å². The first-order valence-electron chi connectivity index (χ1n) is 7.26. The summed E-state index contributed by atoms with van der Waals surface area (Å²) in [4.78, 5) is 12.5. The van der Waals surface area contributed by atoms with Gasteiger partial charge in [0.05, 0.1) is 11.1 Å². The molecule has 1 heterocycles. The summed E-state index contributed by atoms with van der Waals surface area (Å²) in [5, 5.41) is 0. The number of alkyl halides is 3. The van der Waals surface area contributed by atoms with Crippen LogP contribution < -0.4 is 5.73 Å². The zero-order chi connectivity index (χ0) is 15.9. The molecule has 118 valence electrons. The first kappa shape index (κ1) is 14.9. The van der Waals surface area contributed by atoms with Crippen LogP contribution in [0.2, 0.25) is 0 Å². The Kier molecular flexibility index (Phi) is 3.62. The van der Waals surface area contributed by atoms with Crippen LogP contribution in [0.5, 0.6) is 0 Å². The predicted molar refractivity (Wildman–Crippen MR) is 74.4 cm³/mol. The molecule has 2 N–H and O–H groups in total. The van der Waals surface area contributed by atoms with Crippen molar-refractivity contribution in [2.24, 2.45) is 11.7 Å². The molecule has 22 heavy (non-hydrogen) atoms. The number of hydrogen-bond acceptors (Lipinski definition) is 3. The Hall–Kier alpha value is -1.98. The number of Topliss-reactive ketones (excluding diaryl/α,β-unsaturated/α-hetero) is 1. The molecule has 1 unspecified atom stereocenters. The Labute approximate surface area is 125 Å². The number of carbonyl (C=O) groups is 1. The van der Waals surface area contributed by atoms with E-state index in [1.54, 1.807) is 0 Å². The SMILES string of the molecule is NC1=C(c2cccc(C(F)(F)F)c2)C(=O)C(C2CCCC2)O1. The van der Waals surface area contributed by atoms with Crippen LogP contribution in [0.3, 0.4) is 0 Å². The minimum Gasteiger partial charge on any atom is -0.467 e. The highest BCUT2D eigenvalue weighted by atomic mass is 19.4. The second kappa shape index (κ2) is 5.34. The Morgan fingerprint density at radius 1 is 1.18 bits per heavy atom. The van der Waals surface area contributed by atoms with Crippen molar-refractivity contribution in [1.29, 1.82) is 0 Å². The van der Waals surface area contributed by atoms with Gasteiger partial charge in [0.2, 0.25) is 5.78 Å². The summed E-state index contributed by atoms with van der Waals surface area (Å²) in [5.74, 6) is -0.265. The van der Waals surface area contributed by atoms with Crippen molar-refractivity contribution in [1.82, 2.24) is 0 Å². The lowest BCUT2D eigenvalue weighted by molar-refractivity contribution is -0.137. The molecule has 0 bridgehead atoms. The maximum Gasteiger partial charge on any atom is 0.416 e. The van der Waals surface area contributed by atoms with E-state index in [-0.39, 0.29) is 28.7 Å². The molecular formula is C16H16F3NO2. The zero-order valence-electron chi connectivity index (χ0n) is 11.8. The number of carbonyl (C=O) groups excluding carboxylic acids is 1. The Morgan fingerprint density at radius 3 is 2.50 bits per heavy atom. The second-order valence-electron chi connectivity index (χ2n) is 5.77. The number of nitrogens with two attached hydrogens (primary N) is 1. The van der Waals surface area contributed by atoms with E-state index in [1.165, 1.54) is 12.1 Å². The lowest BCUT2D eigenvalue weighted by Crippen LogP contribution is -2.26. The summed E-state index contributed by atoms with van der Waals surface area (Å²) in [5.41, 5.74) is 5.21. The molecule has 6 heteroatoms. The van der Waals surface area contributed by atoms with Gasteiger partial charge in [-0.15, -0.1) is 0 Å². The summed E-state index contributed by atoms with van der Waals surface area (Å²) in [6, 6.07) is 4.64. The molecule has 1 aromatic rings. The molecule has 1 aliphatic heterocycles. The third-order valence-corrected chi connectivity index (χ3v) is 4.31. The second-order valence-corrected chi connectivity index (χ2v) is 5.77. The van der Waals surface area contributed by atoms with Crippen LogP contribution in [0, 0.1) is 5.92 Å². The number of rotatable bonds is 2. The summed E-state index contributed by atoms with van der Waals surface area (Å²) in [7, 11) is 0. The number of ether oxygens (including phenoxy) is 1. The third-order valence-electron chi connectivity index (χ3n) is 4.31. The van der Waals surface area contributed by atoms with E-state index in [2.05, 4.69) is 0 Å². The molecule has 1 atom stereocenters. The Balaban J connectivity index is 1.91. The minimum absolute atomic E-state index is 0.0683. The highest BCUT2D eigenvalue weighted by Crippen LogP contribution is 2.38. The fraction of sp³-hybridized carbons (Fsp3) is 0.438. The lowest BCUT2D eigenvalue weighted by Gasteiger charge is -2.16. The number of benzene rings is 1. The van der Waals surface area contributed by atoms with Crippen molar-refractivity contribution in [3.8, 4) is 0 Å². The molecule has 0 radical (unpaired) electrons. The van der Waals surface area contributed by atoms with Crippen molar-refractivity contribution in [2.75, 3.05) is 0 Å². The molecule has 0 saturated heterocycles. The van der Waals surface area contributed by atoms with E-state index in [1.807, 2.05) is 0 Å². The molecule has 2 aliphatic rings. The van der Waals surface area contributed by atoms with Crippen LogP contribution in [-0.2, 0) is 15.7 Å². The van der Waals surface area contributed by atoms with Crippen LogP contribution in [0.25, 0.3) is 5.57 Å². The van der Waals surface area contributed by atoms with Crippen molar-refractivity contribution in [2.45, 2.75) is 38.0 Å². The van der Waals surface area contributed by atoms with Gasteiger partial charge in [0.25, 0.3) is 0 Å². The van der Waals surface area contributed by atoms with Gasteiger partial charge in [0.1, 0.15) is 0 Å². The maximum atomic E-state index is 12.8. The van der Waals surface area contributed by atoms with E-state index < -0.39 is 17.8 Å². The number of ketones is 1. The van der Waals surface area contributed by atoms with Gasteiger partial charge in [-0.2, -0.15) is 13.2 Å². The molecular weight excluding hydrogens is 295 g/mol. The third kappa shape index (κ3) is 2.58. The normalized spacial score (nSPS) is 23.2. The largest absolute Gasteiger partial charge is 0.467 e. The van der Waals surface area contributed by atoms with Gasteiger partial charge in [0.15, 0.2) is 12.0 Å². The van der Waals surface area contributed by atoms with Gasteiger partial charge in [-0.3, -0.25) is 4.79 Å². The minimum atomic E-state index is -4.46. The van der Waals surface area contributed by atoms with E-state index in [0.717, 1.165) is 37.8 Å². The topological polar surface area (TPSA) is 52.3 Å². The monoisotopic (exact) mass is 311 g/mol. The smallest absolute Gasteiger partial charge is 0.416 e.